The Morgan fingerprint density at radius 3 is 2.42 bits per heavy atom. The van der Waals surface area contributed by atoms with E-state index in [4.69, 9.17) is 0 Å². The lowest BCUT2D eigenvalue weighted by atomic mass is 9.91. The standard InChI is InChI=1S/C23H26F2N2O3S/c1-14-11-15(26-31(3,29)30)13-27(14)22(28)23(2)12-18(23)16-7-4-5-8-17(16)21-19(24)9-6-10-20(21)25/h4-10,14-15,18,26H,11-13H2,1-3H3/t14-,15-,18?,23?/m0/s1. The average molecular weight is 449 g/mol. The molecule has 4 rings (SSSR count). The van der Waals surface area contributed by atoms with Crippen LogP contribution in [0.25, 0.3) is 11.1 Å². The van der Waals surface area contributed by atoms with Crippen LogP contribution in [0.3, 0.4) is 0 Å². The van der Waals surface area contributed by atoms with Gasteiger partial charge in [0.15, 0.2) is 0 Å². The van der Waals surface area contributed by atoms with Gasteiger partial charge in [-0.3, -0.25) is 4.79 Å². The van der Waals surface area contributed by atoms with E-state index < -0.39 is 27.1 Å². The van der Waals surface area contributed by atoms with Crippen LogP contribution >= 0.6 is 0 Å². The summed E-state index contributed by atoms with van der Waals surface area (Å²) in [7, 11) is -3.36. The lowest BCUT2D eigenvalue weighted by Gasteiger charge is -2.26. The number of nitrogens with zero attached hydrogens (tertiary/aromatic N) is 1. The molecule has 2 aromatic rings. The normalized spacial score (nSPS) is 28.0. The van der Waals surface area contributed by atoms with Gasteiger partial charge >= 0.3 is 0 Å². The average Bonchev–Trinajstić information content (AvgIpc) is 3.24. The van der Waals surface area contributed by atoms with Crippen LogP contribution in [0.2, 0.25) is 0 Å². The minimum Gasteiger partial charge on any atom is -0.338 e. The lowest BCUT2D eigenvalue weighted by molar-refractivity contribution is -0.137. The molecule has 2 aliphatic rings. The Bertz CT molecular complexity index is 1120. The Hall–Kier alpha value is -2.32. The molecule has 2 aromatic carbocycles. The molecule has 31 heavy (non-hydrogen) atoms. The summed E-state index contributed by atoms with van der Waals surface area (Å²) in [6.07, 6.45) is 2.24. The maximum atomic E-state index is 14.5. The highest BCUT2D eigenvalue weighted by Crippen LogP contribution is 2.62. The number of hydrogen-bond acceptors (Lipinski definition) is 3. The molecule has 1 aliphatic carbocycles. The number of likely N-dealkylation sites (tertiary alicyclic amines) is 1. The lowest BCUT2D eigenvalue weighted by Crippen LogP contribution is -2.41. The van der Waals surface area contributed by atoms with E-state index in [1.54, 1.807) is 17.0 Å². The third kappa shape index (κ3) is 4.11. The number of carbonyl (C=O) groups excluding carboxylic acids is 1. The minimum atomic E-state index is -3.36. The first-order valence-electron chi connectivity index (χ1n) is 10.3. The highest BCUT2D eigenvalue weighted by atomic mass is 32.2. The largest absolute Gasteiger partial charge is 0.338 e. The van der Waals surface area contributed by atoms with Crippen molar-refractivity contribution in [2.75, 3.05) is 12.8 Å². The van der Waals surface area contributed by atoms with Crippen LogP contribution in [-0.4, -0.2) is 44.1 Å². The predicted molar refractivity (Wildman–Crippen MR) is 115 cm³/mol. The van der Waals surface area contributed by atoms with Gasteiger partial charge in [0, 0.05) is 18.6 Å². The third-order valence-electron chi connectivity index (χ3n) is 6.51. The molecule has 166 valence electrons. The summed E-state index contributed by atoms with van der Waals surface area (Å²) < 4.78 is 54.6. The number of nitrogens with one attached hydrogen (secondary N) is 1. The van der Waals surface area contributed by atoms with Gasteiger partial charge in [-0.2, -0.15) is 0 Å². The van der Waals surface area contributed by atoms with Crippen molar-refractivity contribution in [3.05, 3.63) is 59.7 Å². The van der Waals surface area contributed by atoms with Crippen molar-refractivity contribution in [1.29, 1.82) is 0 Å². The monoisotopic (exact) mass is 448 g/mol. The number of rotatable bonds is 5. The van der Waals surface area contributed by atoms with E-state index in [0.717, 1.165) is 11.8 Å². The van der Waals surface area contributed by atoms with E-state index in [1.807, 2.05) is 26.0 Å². The summed E-state index contributed by atoms with van der Waals surface area (Å²) in [4.78, 5) is 15.1. The van der Waals surface area contributed by atoms with Crippen molar-refractivity contribution in [2.45, 2.75) is 44.7 Å². The highest BCUT2D eigenvalue weighted by Gasteiger charge is 2.59. The van der Waals surface area contributed by atoms with E-state index in [0.29, 0.717) is 24.9 Å². The van der Waals surface area contributed by atoms with Gasteiger partial charge in [0.1, 0.15) is 11.6 Å². The Morgan fingerprint density at radius 1 is 1.13 bits per heavy atom. The van der Waals surface area contributed by atoms with E-state index in [1.165, 1.54) is 18.2 Å². The fraction of sp³-hybridized carbons (Fsp3) is 0.435. The molecule has 0 bridgehead atoms. The zero-order valence-corrected chi connectivity index (χ0v) is 18.5. The first kappa shape index (κ1) is 21.9. The Kier molecular flexibility index (Phi) is 5.42. The van der Waals surface area contributed by atoms with Gasteiger partial charge in [0.05, 0.1) is 17.2 Å². The molecule has 1 saturated carbocycles. The van der Waals surface area contributed by atoms with E-state index in [2.05, 4.69) is 4.72 Å². The van der Waals surface area contributed by atoms with Crippen LogP contribution in [-0.2, 0) is 14.8 Å². The molecular weight excluding hydrogens is 422 g/mol. The fourth-order valence-electron chi connectivity index (χ4n) is 4.87. The highest BCUT2D eigenvalue weighted by molar-refractivity contribution is 7.88. The number of sulfonamides is 1. The van der Waals surface area contributed by atoms with Gasteiger partial charge < -0.3 is 4.90 Å². The van der Waals surface area contributed by atoms with Crippen molar-refractivity contribution in [3.8, 4) is 11.1 Å². The van der Waals surface area contributed by atoms with Crippen LogP contribution < -0.4 is 4.72 Å². The van der Waals surface area contributed by atoms with Crippen LogP contribution in [0.5, 0.6) is 0 Å². The van der Waals surface area contributed by atoms with Crippen LogP contribution in [0.1, 0.15) is 38.2 Å². The first-order valence-corrected chi connectivity index (χ1v) is 12.2. The van der Waals surface area contributed by atoms with Gasteiger partial charge in [-0.25, -0.2) is 21.9 Å². The second-order valence-corrected chi connectivity index (χ2v) is 10.8. The molecule has 1 amide bonds. The maximum absolute atomic E-state index is 14.5. The van der Waals surface area contributed by atoms with E-state index in [9.17, 15) is 22.0 Å². The van der Waals surface area contributed by atoms with Crippen LogP contribution in [0.4, 0.5) is 8.78 Å². The van der Waals surface area contributed by atoms with Crippen LogP contribution in [0, 0.1) is 17.0 Å². The van der Waals surface area contributed by atoms with Crippen molar-refractivity contribution in [1.82, 2.24) is 9.62 Å². The Morgan fingerprint density at radius 2 is 1.77 bits per heavy atom. The second-order valence-electron chi connectivity index (χ2n) is 8.99. The maximum Gasteiger partial charge on any atom is 0.229 e. The molecule has 4 atom stereocenters. The number of carbonyl (C=O) groups is 1. The SMILES string of the molecule is C[C@H]1C[C@H](NS(C)(=O)=O)CN1C(=O)C1(C)CC1c1ccccc1-c1c(F)cccc1F. The summed E-state index contributed by atoms with van der Waals surface area (Å²) in [5.41, 5.74) is 0.448. The number of benzene rings is 2. The van der Waals surface area contributed by atoms with Crippen molar-refractivity contribution >= 4 is 15.9 Å². The van der Waals surface area contributed by atoms with Crippen LogP contribution in [0.15, 0.2) is 42.5 Å². The van der Waals surface area contributed by atoms with Gasteiger partial charge in [0.2, 0.25) is 15.9 Å². The molecule has 1 aliphatic heterocycles. The number of amides is 1. The Labute approximate surface area is 181 Å². The number of hydrogen-bond donors (Lipinski definition) is 1. The van der Waals surface area contributed by atoms with E-state index >= 15 is 0 Å². The minimum absolute atomic E-state index is 0.0494. The van der Waals surface area contributed by atoms with Crippen molar-refractivity contribution in [2.24, 2.45) is 5.41 Å². The predicted octanol–water partition coefficient (Wildman–Crippen LogP) is 3.66. The van der Waals surface area contributed by atoms with Crippen molar-refractivity contribution in [3.63, 3.8) is 0 Å². The smallest absolute Gasteiger partial charge is 0.229 e. The summed E-state index contributed by atoms with van der Waals surface area (Å²) >= 11 is 0. The molecule has 0 aromatic heterocycles. The van der Waals surface area contributed by atoms with Gasteiger partial charge in [-0.1, -0.05) is 37.3 Å². The zero-order valence-electron chi connectivity index (χ0n) is 17.7. The van der Waals surface area contributed by atoms with Gasteiger partial charge in [-0.05, 0) is 48.9 Å². The summed E-state index contributed by atoms with van der Waals surface area (Å²) in [5, 5.41) is 0. The molecule has 2 unspecified atom stereocenters. The molecule has 1 saturated heterocycles. The molecule has 8 heteroatoms. The topological polar surface area (TPSA) is 66.5 Å². The molecule has 2 fully saturated rings. The summed E-state index contributed by atoms with van der Waals surface area (Å²) in [6, 6.07) is 10.4. The second kappa shape index (κ2) is 7.67. The fourth-order valence-corrected chi connectivity index (χ4v) is 5.64. The Balaban J connectivity index is 1.60. The van der Waals surface area contributed by atoms with E-state index in [-0.39, 0.29) is 29.5 Å². The van der Waals surface area contributed by atoms with Gasteiger partial charge in [0.25, 0.3) is 0 Å². The van der Waals surface area contributed by atoms with Crippen molar-refractivity contribution < 1.29 is 22.0 Å². The molecule has 0 radical (unpaired) electrons. The molecule has 5 nitrogen and oxygen atoms in total. The molecule has 1 heterocycles. The van der Waals surface area contributed by atoms with Gasteiger partial charge in [-0.15, -0.1) is 0 Å². The zero-order chi connectivity index (χ0) is 22.6. The number of halogens is 2. The molecule has 0 spiro atoms. The summed E-state index contributed by atoms with van der Waals surface area (Å²) in [6.45, 7) is 4.10. The third-order valence-corrected chi connectivity index (χ3v) is 7.27. The molecular formula is C23H26F2N2O3S. The molecule has 1 N–H and O–H groups in total. The quantitative estimate of drug-likeness (QED) is 0.759. The summed E-state index contributed by atoms with van der Waals surface area (Å²) in [5.74, 6) is -1.48. The first-order chi connectivity index (χ1) is 14.5.